The summed E-state index contributed by atoms with van der Waals surface area (Å²) in [6, 6.07) is 18.0. The van der Waals surface area contributed by atoms with Crippen LogP contribution < -0.4 is 0 Å². The van der Waals surface area contributed by atoms with Gasteiger partial charge in [0.25, 0.3) is 0 Å². The second-order valence-corrected chi connectivity index (χ2v) is 4.74. The molecule has 0 aliphatic carbocycles. The quantitative estimate of drug-likeness (QED) is 0.631. The van der Waals surface area contributed by atoms with Crippen LogP contribution >= 0.6 is 11.6 Å². The van der Waals surface area contributed by atoms with E-state index >= 15 is 0 Å². The molecule has 0 spiro atoms. The summed E-state index contributed by atoms with van der Waals surface area (Å²) < 4.78 is 0. The summed E-state index contributed by atoms with van der Waals surface area (Å²) >= 11 is 5.99. The van der Waals surface area contributed by atoms with Crippen LogP contribution in [0.3, 0.4) is 0 Å². The highest BCUT2D eigenvalue weighted by atomic mass is 35.5. The molecule has 1 aromatic heterocycles. The lowest BCUT2D eigenvalue weighted by Gasteiger charge is -2.02. The summed E-state index contributed by atoms with van der Waals surface area (Å²) in [5, 5.41) is 1.82. The molecule has 0 bridgehead atoms. The van der Waals surface area contributed by atoms with Gasteiger partial charge in [0.05, 0.1) is 5.52 Å². The maximum Gasteiger partial charge on any atom is 0.0722 e. The minimum Gasteiger partial charge on any atom is -0.256 e. The number of benzene rings is 2. The van der Waals surface area contributed by atoms with Crippen molar-refractivity contribution in [3.63, 3.8) is 0 Å². The second-order valence-electron chi connectivity index (χ2n) is 4.31. The number of rotatable bonds is 2. The summed E-state index contributed by atoms with van der Waals surface area (Å²) in [5.74, 6) is 0. The van der Waals surface area contributed by atoms with Crippen molar-refractivity contribution in [2.75, 3.05) is 0 Å². The number of pyridine rings is 1. The monoisotopic (exact) mass is 265 g/mol. The van der Waals surface area contributed by atoms with Gasteiger partial charge in [0.15, 0.2) is 0 Å². The van der Waals surface area contributed by atoms with Gasteiger partial charge in [0.1, 0.15) is 0 Å². The fraction of sp³-hybridized carbons (Fsp3) is 0. The van der Waals surface area contributed by atoms with Crippen molar-refractivity contribution in [3.8, 4) is 0 Å². The number of halogens is 1. The average Bonchev–Trinajstić information content (AvgIpc) is 2.45. The highest BCUT2D eigenvalue weighted by Gasteiger charge is 1.99. The Morgan fingerprint density at radius 1 is 0.895 bits per heavy atom. The minimum absolute atomic E-state index is 0.712. The molecule has 0 unspecified atom stereocenters. The fourth-order valence-electron chi connectivity index (χ4n) is 2.04. The maximum atomic E-state index is 5.99. The molecule has 0 aliphatic rings. The zero-order valence-electron chi connectivity index (χ0n) is 10.3. The molecule has 3 rings (SSSR count). The Morgan fingerprint density at radius 2 is 1.74 bits per heavy atom. The number of fused-ring (bicyclic) bond motifs is 1. The first-order chi connectivity index (χ1) is 9.33. The van der Waals surface area contributed by atoms with Gasteiger partial charge in [0, 0.05) is 16.6 Å². The summed E-state index contributed by atoms with van der Waals surface area (Å²) in [6.07, 6.45) is 6.01. The lowest BCUT2D eigenvalue weighted by atomic mass is 10.1. The van der Waals surface area contributed by atoms with Crippen molar-refractivity contribution in [2.24, 2.45) is 0 Å². The second kappa shape index (κ2) is 5.25. The summed E-state index contributed by atoms with van der Waals surface area (Å²) in [7, 11) is 0. The molecule has 0 saturated carbocycles. The third-order valence-electron chi connectivity index (χ3n) is 2.99. The highest BCUT2D eigenvalue weighted by Crippen LogP contribution is 2.22. The molecule has 2 heteroatoms. The number of nitrogens with zero attached hydrogens (tertiary/aromatic N) is 1. The van der Waals surface area contributed by atoms with Crippen LogP contribution in [-0.2, 0) is 0 Å². The van der Waals surface area contributed by atoms with Crippen LogP contribution in [0.5, 0.6) is 0 Å². The summed E-state index contributed by atoms with van der Waals surface area (Å²) in [6.45, 7) is 0. The molecule has 3 aromatic rings. The molecule has 92 valence electrons. The van der Waals surface area contributed by atoms with E-state index in [1.807, 2.05) is 48.7 Å². The van der Waals surface area contributed by atoms with Crippen LogP contribution in [0.15, 0.2) is 60.8 Å². The standard InChI is InChI=1S/C17H12ClN/c18-15-8-9-16-14(10-11-19-17(16)12-15)7-6-13-4-2-1-3-5-13/h1-12H. The third kappa shape index (κ3) is 2.67. The Bertz CT molecular complexity index is 733. The van der Waals surface area contributed by atoms with Crippen LogP contribution in [0.25, 0.3) is 23.1 Å². The van der Waals surface area contributed by atoms with Crippen LogP contribution in [-0.4, -0.2) is 4.98 Å². The van der Waals surface area contributed by atoms with Crippen LogP contribution in [0.2, 0.25) is 5.02 Å². The molecular weight excluding hydrogens is 254 g/mol. The summed E-state index contributed by atoms with van der Waals surface area (Å²) in [4.78, 5) is 4.34. The topological polar surface area (TPSA) is 12.9 Å². The zero-order chi connectivity index (χ0) is 13.1. The largest absolute Gasteiger partial charge is 0.256 e. The number of hydrogen-bond donors (Lipinski definition) is 0. The molecule has 0 aliphatic heterocycles. The van der Waals surface area contributed by atoms with Crippen molar-refractivity contribution in [3.05, 3.63) is 76.9 Å². The first kappa shape index (κ1) is 11.9. The Labute approximate surface area is 117 Å². The predicted octanol–water partition coefficient (Wildman–Crippen LogP) is 5.06. The van der Waals surface area contributed by atoms with E-state index in [0.717, 1.165) is 16.5 Å². The van der Waals surface area contributed by atoms with Gasteiger partial charge in [-0.25, -0.2) is 0 Å². The highest BCUT2D eigenvalue weighted by molar-refractivity contribution is 6.31. The Kier molecular flexibility index (Phi) is 3.30. The van der Waals surface area contributed by atoms with Gasteiger partial charge < -0.3 is 0 Å². The number of hydrogen-bond acceptors (Lipinski definition) is 1. The van der Waals surface area contributed by atoms with Crippen molar-refractivity contribution < 1.29 is 0 Å². The normalized spacial score (nSPS) is 11.2. The smallest absolute Gasteiger partial charge is 0.0722 e. The van der Waals surface area contributed by atoms with E-state index < -0.39 is 0 Å². The van der Waals surface area contributed by atoms with Crippen molar-refractivity contribution in [2.45, 2.75) is 0 Å². The van der Waals surface area contributed by atoms with E-state index in [1.165, 1.54) is 5.56 Å². The van der Waals surface area contributed by atoms with Crippen molar-refractivity contribution in [1.82, 2.24) is 4.98 Å². The van der Waals surface area contributed by atoms with Gasteiger partial charge >= 0.3 is 0 Å². The minimum atomic E-state index is 0.712. The van der Waals surface area contributed by atoms with E-state index in [0.29, 0.717) is 5.02 Å². The molecule has 0 fully saturated rings. The molecule has 1 heterocycles. The van der Waals surface area contributed by atoms with Crippen LogP contribution in [0.1, 0.15) is 11.1 Å². The molecule has 0 amide bonds. The van der Waals surface area contributed by atoms with E-state index in [1.54, 1.807) is 0 Å². The van der Waals surface area contributed by atoms with E-state index in [9.17, 15) is 0 Å². The third-order valence-corrected chi connectivity index (χ3v) is 3.23. The van der Waals surface area contributed by atoms with Gasteiger partial charge in [-0.1, -0.05) is 60.2 Å². The molecular formula is C17H12ClN. The summed E-state index contributed by atoms with van der Waals surface area (Å²) in [5.41, 5.74) is 3.25. The SMILES string of the molecule is Clc1ccc2c(C=Cc3ccccc3)ccnc2c1. The van der Waals surface area contributed by atoms with Gasteiger partial charge in [0.2, 0.25) is 0 Å². The van der Waals surface area contributed by atoms with Crippen LogP contribution in [0.4, 0.5) is 0 Å². The molecule has 0 saturated heterocycles. The Morgan fingerprint density at radius 3 is 2.58 bits per heavy atom. The molecule has 19 heavy (non-hydrogen) atoms. The molecule has 0 atom stereocenters. The Hall–Kier alpha value is -2.12. The fourth-order valence-corrected chi connectivity index (χ4v) is 2.21. The van der Waals surface area contributed by atoms with Gasteiger partial charge in [-0.3, -0.25) is 4.98 Å². The van der Waals surface area contributed by atoms with Crippen LogP contribution in [0, 0.1) is 0 Å². The molecule has 1 nitrogen and oxygen atoms in total. The first-order valence-corrected chi connectivity index (χ1v) is 6.48. The van der Waals surface area contributed by atoms with Crippen molar-refractivity contribution >= 4 is 34.7 Å². The lowest BCUT2D eigenvalue weighted by molar-refractivity contribution is 1.41. The first-order valence-electron chi connectivity index (χ1n) is 6.10. The van der Waals surface area contributed by atoms with Gasteiger partial charge in [-0.05, 0) is 29.3 Å². The predicted molar refractivity (Wildman–Crippen MR) is 82.1 cm³/mol. The van der Waals surface area contributed by atoms with E-state index in [2.05, 4.69) is 29.3 Å². The number of aromatic nitrogens is 1. The lowest BCUT2D eigenvalue weighted by Crippen LogP contribution is -1.82. The van der Waals surface area contributed by atoms with E-state index in [-0.39, 0.29) is 0 Å². The van der Waals surface area contributed by atoms with Crippen molar-refractivity contribution in [1.29, 1.82) is 0 Å². The molecule has 0 radical (unpaired) electrons. The van der Waals surface area contributed by atoms with Gasteiger partial charge in [-0.2, -0.15) is 0 Å². The maximum absolute atomic E-state index is 5.99. The average molecular weight is 266 g/mol. The Balaban J connectivity index is 2.04. The zero-order valence-corrected chi connectivity index (χ0v) is 11.0. The van der Waals surface area contributed by atoms with E-state index in [4.69, 9.17) is 11.6 Å². The molecule has 0 N–H and O–H groups in total. The van der Waals surface area contributed by atoms with Gasteiger partial charge in [-0.15, -0.1) is 0 Å². The molecule has 2 aromatic carbocycles.